The first-order chi connectivity index (χ1) is 8.40. The first-order valence-corrected chi connectivity index (χ1v) is 6.26. The SMILES string of the molecule is CCC#CC1CCNCC(c2ccccn2)N1. The molecule has 0 bridgehead atoms. The zero-order valence-electron chi connectivity index (χ0n) is 10.2. The summed E-state index contributed by atoms with van der Waals surface area (Å²) in [6.07, 6.45) is 3.81. The quantitative estimate of drug-likeness (QED) is 0.716. The molecule has 17 heavy (non-hydrogen) atoms. The minimum absolute atomic E-state index is 0.259. The Labute approximate surface area is 103 Å². The van der Waals surface area contributed by atoms with Gasteiger partial charge in [0.15, 0.2) is 0 Å². The molecule has 2 unspecified atom stereocenters. The summed E-state index contributed by atoms with van der Waals surface area (Å²) < 4.78 is 0. The monoisotopic (exact) mass is 229 g/mol. The molecule has 0 aliphatic carbocycles. The van der Waals surface area contributed by atoms with Gasteiger partial charge in [-0.3, -0.25) is 10.3 Å². The summed E-state index contributed by atoms with van der Waals surface area (Å²) in [7, 11) is 0. The molecule has 2 N–H and O–H groups in total. The third-order valence-electron chi connectivity index (χ3n) is 2.86. The first-order valence-electron chi connectivity index (χ1n) is 6.26. The molecule has 1 saturated heterocycles. The van der Waals surface area contributed by atoms with Crippen molar-refractivity contribution >= 4 is 0 Å². The Morgan fingerprint density at radius 1 is 1.47 bits per heavy atom. The standard InChI is InChI=1S/C14H19N3/c1-2-3-6-12-8-10-15-11-14(17-12)13-7-4-5-9-16-13/h4-5,7,9,12,14-15,17H,2,8,10-11H2,1H3. The Balaban J connectivity index is 2.07. The summed E-state index contributed by atoms with van der Waals surface area (Å²) in [4.78, 5) is 4.41. The third-order valence-corrected chi connectivity index (χ3v) is 2.86. The summed E-state index contributed by atoms with van der Waals surface area (Å²) in [6, 6.07) is 6.57. The van der Waals surface area contributed by atoms with E-state index in [4.69, 9.17) is 0 Å². The van der Waals surface area contributed by atoms with Gasteiger partial charge >= 0.3 is 0 Å². The molecule has 2 heterocycles. The maximum absolute atomic E-state index is 4.41. The number of nitrogens with zero attached hydrogens (tertiary/aromatic N) is 1. The molecule has 1 aliphatic rings. The van der Waals surface area contributed by atoms with Crippen molar-refractivity contribution in [2.24, 2.45) is 0 Å². The van der Waals surface area contributed by atoms with E-state index in [9.17, 15) is 0 Å². The van der Waals surface area contributed by atoms with Gasteiger partial charge in [-0.15, -0.1) is 5.92 Å². The lowest BCUT2D eigenvalue weighted by molar-refractivity contribution is 0.504. The lowest BCUT2D eigenvalue weighted by Gasteiger charge is -2.18. The van der Waals surface area contributed by atoms with E-state index < -0.39 is 0 Å². The molecule has 1 aliphatic heterocycles. The van der Waals surface area contributed by atoms with Crippen molar-refractivity contribution in [3.63, 3.8) is 0 Å². The number of aromatic nitrogens is 1. The second kappa shape index (κ2) is 6.39. The Hall–Kier alpha value is -1.37. The fraction of sp³-hybridized carbons (Fsp3) is 0.500. The maximum atomic E-state index is 4.41. The zero-order valence-corrected chi connectivity index (χ0v) is 10.2. The van der Waals surface area contributed by atoms with Crippen LogP contribution in [0.3, 0.4) is 0 Å². The Bertz CT molecular complexity index is 391. The van der Waals surface area contributed by atoms with Crippen molar-refractivity contribution in [2.75, 3.05) is 13.1 Å². The molecule has 2 atom stereocenters. The van der Waals surface area contributed by atoms with Crippen LogP contribution in [0, 0.1) is 11.8 Å². The third kappa shape index (κ3) is 3.55. The number of pyridine rings is 1. The molecule has 1 aromatic rings. The predicted molar refractivity (Wildman–Crippen MR) is 69.5 cm³/mol. The van der Waals surface area contributed by atoms with Crippen molar-refractivity contribution in [1.82, 2.24) is 15.6 Å². The second-order valence-electron chi connectivity index (χ2n) is 4.19. The van der Waals surface area contributed by atoms with E-state index in [1.54, 1.807) is 0 Å². The van der Waals surface area contributed by atoms with Crippen molar-refractivity contribution in [2.45, 2.75) is 31.8 Å². The van der Waals surface area contributed by atoms with Crippen LogP contribution in [-0.4, -0.2) is 24.1 Å². The highest BCUT2D eigenvalue weighted by molar-refractivity contribution is 5.14. The van der Waals surface area contributed by atoms with Crippen molar-refractivity contribution in [1.29, 1.82) is 0 Å². The Kier molecular flexibility index (Phi) is 4.54. The van der Waals surface area contributed by atoms with E-state index in [0.29, 0.717) is 0 Å². The molecule has 3 nitrogen and oxygen atoms in total. The molecule has 0 saturated carbocycles. The minimum Gasteiger partial charge on any atom is -0.315 e. The van der Waals surface area contributed by atoms with E-state index in [0.717, 1.165) is 31.6 Å². The zero-order chi connectivity index (χ0) is 11.9. The van der Waals surface area contributed by atoms with Gasteiger partial charge in [0.25, 0.3) is 0 Å². The molecule has 90 valence electrons. The molecule has 0 aromatic carbocycles. The number of rotatable bonds is 1. The van der Waals surface area contributed by atoms with Gasteiger partial charge < -0.3 is 5.32 Å². The van der Waals surface area contributed by atoms with Crippen LogP contribution in [0.2, 0.25) is 0 Å². The summed E-state index contributed by atoms with van der Waals surface area (Å²) in [5.41, 5.74) is 1.09. The van der Waals surface area contributed by atoms with Gasteiger partial charge in [-0.25, -0.2) is 0 Å². The van der Waals surface area contributed by atoms with Crippen LogP contribution in [0.1, 0.15) is 31.5 Å². The molecule has 1 fully saturated rings. The highest BCUT2D eigenvalue weighted by atomic mass is 15.0. The predicted octanol–water partition coefficient (Wildman–Crippen LogP) is 1.49. The van der Waals surface area contributed by atoms with Crippen LogP contribution in [0.25, 0.3) is 0 Å². The highest BCUT2D eigenvalue weighted by Gasteiger charge is 2.19. The molecule has 0 spiro atoms. The van der Waals surface area contributed by atoms with Crippen LogP contribution >= 0.6 is 0 Å². The summed E-state index contributed by atoms with van der Waals surface area (Å²) in [6.45, 7) is 4.01. The van der Waals surface area contributed by atoms with Crippen molar-refractivity contribution in [3.05, 3.63) is 30.1 Å². The normalized spacial score (nSPS) is 24.5. The van der Waals surface area contributed by atoms with Crippen molar-refractivity contribution < 1.29 is 0 Å². The topological polar surface area (TPSA) is 37.0 Å². The van der Waals surface area contributed by atoms with Crippen molar-refractivity contribution in [3.8, 4) is 11.8 Å². The van der Waals surface area contributed by atoms with Gasteiger partial charge in [0.1, 0.15) is 0 Å². The smallest absolute Gasteiger partial charge is 0.0707 e. The second-order valence-corrected chi connectivity index (χ2v) is 4.19. The first kappa shape index (κ1) is 12.1. The molecule has 3 heteroatoms. The van der Waals surface area contributed by atoms with Gasteiger partial charge in [0.05, 0.1) is 17.8 Å². The molecular formula is C14H19N3. The molecule has 1 aromatic heterocycles. The van der Waals surface area contributed by atoms with Crippen LogP contribution in [-0.2, 0) is 0 Å². The van der Waals surface area contributed by atoms with Crippen LogP contribution in [0.4, 0.5) is 0 Å². The summed E-state index contributed by atoms with van der Waals surface area (Å²) in [5.74, 6) is 6.44. The molecule has 0 radical (unpaired) electrons. The summed E-state index contributed by atoms with van der Waals surface area (Å²) in [5, 5.41) is 7.00. The Morgan fingerprint density at radius 2 is 2.41 bits per heavy atom. The fourth-order valence-corrected chi connectivity index (χ4v) is 1.99. The number of hydrogen-bond acceptors (Lipinski definition) is 3. The van der Waals surface area contributed by atoms with Gasteiger partial charge in [0, 0.05) is 19.2 Å². The van der Waals surface area contributed by atoms with E-state index in [1.807, 2.05) is 18.3 Å². The maximum Gasteiger partial charge on any atom is 0.0707 e. The van der Waals surface area contributed by atoms with Crippen LogP contribution in [0.5, 0.6) is 0 Å². The largest absolute Gasteiger partial charge is 0.315 e. The van der Waals surface area contributed by atoms with E-state index >= 15 is 0 Å². The van der Waals surface area contributed by atoms with Gasteiger partial charge in [-0.1, -0.05) is 18.9 Å². The van der Waals surface area contributed by atoms with E-state index in [-0.39, 0.29) is 12.1 Å². The van der Waals surface area contributed by atoms with Crippen LogP contribution < -0.4 is 10.6 Å². The number of nitrogens with one attached hydrogen (secondary N) is 2. The van der Waals surface area contributed by atoms with Gasteiger partial charge in [0.2, 0.25) is 0 Å². The molecule has 2 rings (SSSR count). The highest BCUT2D eigenvalue weighted by Crippen LogP contribution is 2.12. The summed E-state index contributed by atoms with van der Waals surface area (Å²) >= 11 is 0. The van der Waals surface area contributed by atoms with Gasteiger partial charge in [-0.2, -0.15) is 0 Å². The van der Waals surface area contributed by atoms with Gasteiger partial charge in [-0.05, 0) is 25.1 Å². The fourth-order valence-electron chi connectivity index (χ4n) is 1.99. The average Bonchev–Trinajstić information content (AvgIpc) is 2.63. The lowest BCUT2D eigenvalue weighted by atomic mass is 10.1. The molecular weight excluding hydrogens is 210 g/mol. The van der Waals surface area contributed by atoms with E-state index in [1.165, 1.54) is 0 Å². The van der Waals surface area contributed by atoms with Crippen LogP contribution in [0.15, 0.2) is 24.4 Å². The molecule has 0 amide bonds. The van der Waals surface area contributed by atoms with E-state index in [2.05, 4.69) is 40.4 Å². The minimum atomic E-state index is 0.259. The lowest BCUT2D eigenvalue weighted by Crippen LogP contribution is -2.33. The number of hydrogen-bond donors (Lipinski definition) is 2. The Morgan fingerprint density at radius 3 is 3.18 bits per heavy atom. The average molecular weight is 229 g/mol.